The number of ether oxygens (including phenoxy) is 1. The second-order valence-corrected chi connectivity index (χ2v) is 8.19. The summed E-state index contributed by atoms with van der Waals surface area (Å²) >= 11 is 1.68. The van der Waals surface area contributed by atoms with Crippen LogP contribution in [0.25, 0.3) is 0 Å². The van der Waals surface area contributed by atoms with Crippen molar-refractivity contribution in [3.8, 4) is 0 Å². The number of anilines is 1. The number of nitrogens with one attached hydrogen (secondary N) is 1. The molecule has 3 heterocycles. The van der Waals surface area contributed by atoms with Gasteiger partial charge in [-0.25, -0.2) is 4.98 Å². The van der Waals surface area contributed by atoms with Crippen molar-refractivity contribution in [1.82, 2.24) is 9.88 Å². The molecule has 0 unspecified atom stereocenters. The fraction of sp³-hybridized carbons (Fsp3) is 0.765. The molecule has 4 rings (SSSR count). The molecule has 3 aliphatic rings. The minimum Gasteiger partial charge on any atom is -0.381 e. The Balaban J connectivity index is 1.45. The van der Waals surface area contributed by atoms with Crippen LogP contribution in [0.3, 0.4) is 0 Å². The molecule has 4 atom stereocenters. The van der Waals surface area contributed by atoms with Crippen molar-refractivity contribution >= 4 is 22.4 Å². The SMILES string of the molecule is CO[C@@H]1CCC[C@@H](C(=O)Nc2nc3c(s2)[C@H]2CC[C@@H](C3)N2C)C1. The highest BCUT2D eigenvalue weighted by Gasteiger charge is 2.40. The van der Waals surface area contributed by atoms with E-state index in [9.17, 15) is 4.79 Å². The fourth-order valence-electron chi connectivity index (χ4n) is 4.43. The second-order valence-electron chi connectivity index (χ2n) is 7.16. The largest absolute Gasteiger partial charge is 0.381 e. The first-order valence-corrected chi connectivity index (χ1v) is 9.52. The quantitative estimate of drug-likeness (QED) is 0.923. The number of carbonyl (C=O) groups is 1. The number of amides is 1. The molecule has 1 aromatic heterocycles. The van der Waals surface area contributed by atoms with E-state index in [1.165, 1.54) is 23.4 Å². The standard InChI is InChI=1S/C17H25N3O2S/c1-20-11-6-7-14(20)15-13(9-11)18-17(23-15)19-16(21)10-4-3-5-12(8-10)22-2/h10-12,14H,3-9H2,1-2H3,(H,18,19,21)/t10-,11+,12-,14-/m1/s1. The molecular formula is C17H25N3O2S. The van der Waals surface area contributed by atoms with Gasteiger partial charge in [0.25, 0.3) is 0 Å². The highest BCUT2D eigenvalue weighted by atomic mass is 32.1. The molecule has 0 radical (unpaired) electrons. The Morgan fingerprint density at radius 1 is 1.35 bits per heavy atom. The van der Waals surface area contributed by atoms with Crippen LogP contribution in [-0.2, 0) is 16.0 Å². The van der Waals surface area contributed by atoms with Crippen LogP contribution >= 0.6 is 11.3 Å². The zero-order chi connectivity index (χ0) is 16.0. The maximum absolute atomic E-state index is 12.6. The van der Waals surface area contributed by atoms with Crippen LogP contribution in [0.2, 0.25) is 0 Å². The van der Waals surface area contributed by atoms with Crippen molar-refractivity contribution in [2.75, 3.05) is 19.5 Å². The summed E-state index contributed by atoms with van der Waals surface area (Å²) in [5.74, 6) is 0.185. The third-order valence-corrected chi connectivity index (χ3v) is 6.97. The Morgan fingerprint density at radius 3 is 3.04 bits per heavy atom. The van der Waals surface area contributed by atoms with Crippen molar-refractivity contribution in [3.63, 3.8) is 0 Å². The highest BCUT2D eigenvalue weighted by Crippen LogP contribution is 2.45. The van der Waals surface area contributed by atoms with Crippen LogP contribution in [0, 0.1) is 5.92 Å². The Labute approximate surface area is 141 Å². The van der Waals surface area contributed by atoms with Gasteiger partial charge in [-0.2, -0.15) is 0 Å². The molecule has 1 saturated heterocycles. The van der Waals surface area contributed by atoms with Crippen LogP contribution in [0.15, 0.2) is 0 Å². The molecule has 0 aromatic carbocycles. The van der Waals surface area contributed by atoms with E-state index >= 15 is 0 Å². The van der Waals surface area contributed by atoms with Gasteiger partial charge < -0.3 is 10.1 Å². The normalized spacial score (nSPS) is 33.5. The topological polar surface area (TPSA) is 54.5 Å². The number of hydrogen-bond donors (Lipinski definition) is 1. The summed E-state index contributed by atoms with van der Waals surface area (Å²) < 4.78 is 5.43. The molecule has 1 aromatic rings. The van der Waals surface area contributed by atoms with Crippen molar-refractivity contribution < 1.29 is 9.53 Å². The average Bonchev–Trinajstić information content (AvgIpc) is 3.07. The van der Waals surface area contributed by atoms with Gasteiger partial charge in [0.2, 0.25) is 5.91 Å². The van der Waals surface area contributed by atoms with E-state index in [0.29, 0.717) is 12.1 Å². The molecular weight excluding hydrogens is 310 g/mol. The predicted octanol–water partition coefficient (Wildman–Crippen LogP) is 2.98. The highest BCUT2D eigenvalue weighted by molar-refractivity contribution is 7.16. The first kappa shape index (κ1) is 15.5. The summed E-state index contributed by atoms with van der Waals surface area (Å²) in [6.45, 7) is 0. The Kier molecular flexibility index (Phi) is 4.15. The lowest BCUT2D eigenvalue weighted by Gasteiger charge is -2.29. The number of carbonyl (C=O) groups excluding carboxylic acids is 1. The van der Waals surface area contributed by atoms with Crippen LogP contribution < -0.4 is 5.32 Å². The molecule has 1 N–H and O–H groups in total. The van der Waals surface area contributed by atoms with Gasteiger partial charge >= 0.3 is 0 Å². The summed E-state index contributed by atoms with van der Waals surface area (Å²) in [6.07, 6.45) is 7.69. The lowest BCUT2D eigenvalue weighted by atomic mass is 9.86. The Morgan fingerprint density at radius 2 is 2.22 bits per heavy atom. The maximum Gasteiger partial charge on any atom is 0.229 e. The lowest BCUT2D eigenvalue weighted by Crippen LogP contribution is -2.33. The summed E-state index contributed by atoms with van der Waals surface area (Å²) in [5, 5.41) is 3.87. The molecule has 0 spiro atoms. The van der Waals surface area contributed by atoms with E-state index in [1.54, 1.807) is 18.4 Å². The van der Waals surface area contributed by atoms with E-state index in [1.807, 2.05) is 0 Å². The Hall–Kier alpha value is -0.980. The second kappa shape index (κ2) is 6.15. The first-order chi connectivity index (χ1) is 11.2. The number of nitrogens with zero attached hydrogens (tertiary/aromatic N) is 2. The molecule has 1 saturated carbocycles. The minimum absolute atomic E-state index is 0.0637. The fourth-order valence-corrected chi connectivity index (χ4v) is 5.61. The van der Waals surface area contributed by atoms with E-state index in [4.69, 9.17) is 9.72 Å². The zero-order valence-corrected chi connectivity index (χ0v) is 14.7. The van der Waals surface area contributed by atoms with Gasteiger partial charge in [0.05, 0.1) is 11.8 Å². The van der Waals surface area contributed by atoms with Crippen LogP contribution in [0.5, 0.6) is 0 Å². The van der Waals surface area contributed by atoms with Crippen molar-refractivity contribution in [2.45, 2.75) is 63.1 Å². The van der Waals surface area contributed by atoms with Gasteiger partial charge in [0.1, 0.15) is 0 Å². The minimum atomic E-state index is 0.0637. The monoisotopic (exact) mass is 335 g/mol. The van der Waals surface area contributed by atoms with Crippen LogP contribution in [0.4, 0.5) is 5.13 Å². The third kappa shape index (κ3) is 2.81. The van der Waals surface area contributed by atoms with Gasteiger partial charge in [-0.15, -0.1) is 0 Å². The third-order valence-electron chi connectivity index (χ3n) is 5.86. The zero-order valence-electron chi connectivity index (χ0n) is 13.9. The predicted molar refractivity (Wildman–Crippen MR) is 90.7 cm³/mol. The summed E-state index contributed by atoms with van der Waals surface area (Å²) in [5.41, 5.74) is 1.22. The average molecular weight is 335 g/mol. The number of rotatable bonds is 3. The van der Waals surface area contributed by atoms with Crippen molar-refractivity contribution in [3.05, 3.63) is 10.6 Å². The van der Waals surface area contributed by atoms with E-state index in [0.717, 1.165) is 37.2 Å². The van der Waals surface area contributed by atoms with Crippen molar-refractivity contribution in [2.24, 2.45) is 5.92 Å². The van der Waals surface area contributed by atoms with E-state index < -0.39 is 0 Å². The van der Waals surface area contributed by atoms with Crippen LogP contribution in [0.1, 0.15) is 55.1 Å². The van der Waals surface area contributed by atoms with E-state index in [2.05, 4.69) is 17.3 Å². The molecule has 5 nitrogen and oxygen atoms in total. The first-order valence-electron chi connectivity index (χ1n) is 8.71. The number of aromatic nitrogens is 1. The molecule has 2 aliphatic heterocycles. The van der Waals surface area contributed by atoms with Gasteiger partial charge in [0.15, 0.2) is 5.13 Å². The number of thiazole rings is 1. The molecule has 23 heavy (non-hydrogen) atoms. The van der Waals surface area contributed by atoms with E-state index in [-0.39, 0.29) is 17.9 Å². The molecule has 6 heteroatoms. The summed E-state index contributed by atoms with van der Waals surface area (Å²) in [6, 6.07) is 1.15. The number of hydrogen-bond acceptors (Lipinski definition) is 5. The lowest BCUT2D eigenvalue weighted by molar-refractivity contribution is -0.122. The van der Waals surface area contributed by atoms with Gasteiger partial charge in [-0.1, -0.05) is 17.8 Å². The van der Waals surface area contributed by atoms with Crippen LogP contribution in [-0.4, -0.2) is 42.1 Å². The van der Waals surface area contributed by atoms with Crippen molar-refractivity contribution in [1.29, 1.82) is 0 Å². The maximum atomic E-state index is 12.6. The smallest absolute Gasteiger partial charge is 0.229 e. The van der Waals surface area contributed by atoms with Gasteiger partial charge in [-0.05, 0) is 39.2 Å². The molecule has 2 fully saturated rings. The van der Waals surface area contributed by atoms with Gasteiger partial charge in [0, 0.05) is 36.4 Å². The Bertz CT molecular complexity index is 603. The van der Waals surface area contributed by atoms with Gasteiger partial charge in [-0.3, -0.25) is 9.69 Å². The number of likely N-dealkylation sites (N-methyl/N-ethyl adjacent to an activating group) is 1. The molecule has 1 amide bonds. The molecule has 2 bridgehead atoms. The number of methoxy groups -OCH3 is 1. The number of fused-ring (bicyclic) bond motifs is 4. The molecule has 1 aliphatic carbocycles. The summed E-state index contributed by atoms with van der Waals surface area (Å²) in [4.78, 5) is 21.1. The summed E-state index contributed by atoms with van der Waals surface area (Å²) in [7, 11) is 3.96. The molecule has 126 valence electrons.